The molecule has 154 valence electrons. The van der Waals surface area contributed by atoms with Crippen molar-refractivity contribution in [3.05, 3.63) is 41.6 Å². The van der Waals surface area contributed by atoms with Crippen LogP contribution in [0.1, 0.15) is 51.7 Å². The Balaban J connectivity index is 1.64. The zero-order chi connectivity index (χ0) is 20.8. The first-order valence-electron chi connectivity index (χ1n) is 10.4. The van der Waals surface area contributed by atoms with Gasteiger partial charge in [0.05, 0.1) is 5.69 Å². The number of carboxylic acid groups (broad SMARTS) is 1. The lowest BCUT2D eigenvalue weighted by Crippen LogP contribution is -2.48. The van der Waals surface area contributed by atoms with Crippen molar-refractivity contribution in [2.75, 3.05) is 31.1 Å². The molecule has 0 saturated carbocycles. The molecule has 29 heavy (non-hydrogen) atoms. The van der Waals surface area contributed by atoms with Gasteiger partial charge in [-0.25, -0.2) is 14.8 Å². The van der Waals surface area contributed by atoms with E-state index >= 15 is 0 Å². The Morgan fingerprint density at radius 3 is 2.28 bits per heavy atom. The highest BCUT2D eigenvalue weighted by Crippen LogP contribution is 2.46. The van der Waals surface area contributed by atoms with Gasteiger partial charge in [-0.3, -0.25) is 0 Å². The third-order valence-corrected chi connectivity index (χ3v) is 6.62. The molecule has 6 heteroatoms. The monoisotopic (exact) mass is 394 g/mol. The Hall–Kier alpha value is -2.63. The van der Waals surface area contributed by atoms with E-state index in [1.807, 2.05) is 6.07 Å². The fraction of sp³-hybridized carbons (Fsp3) is 0.522. The Bertz CT molecular complexity index is 930. The SMILES string of the molecule is CC1(C)CCC(C)(C)c2cc(-c3ccnc(N4CCN(C(=O)O)CC4)n3)ccc21. The number of rotatable bonds is 2. The van der Waals surface area contributed by atoms with Crippen molar-refractivity contribution in [3.63, 3.8) is 0 Å². The second kappa shape index (κ2) is 7.01. The first-order valence-corrected chi connectivity index (χ1v) is 10.4. The second-order valence-electron chi connectivity index (χ2n) is 9.53. The molecular formula is C23H30N4O2. The molecule has 1 amide bonds. The van der Waals surface area contributed by atoms with E-state index in [0.29, 0.717) is 32.1 Å². The lowest BCUT2D eigenvalue weighted by atomic mass is 9.63. The minimum atomic E-state index is -0.862. The fourth-order valence-electron chi connectivity index (χ4n) is 4.51. The molecule has 1 aromatic carbocycles. The molecular weight excluding hydrogens is 364 g/mol. The van der Waals surface area contributed by atoms with Gasteiger partial charge in [-0.1, -0.05) is 39.8 Å². The van der Waals surface area contributed by atoms with Crippen molar-refractivity contribution in [2.45, 2.75) is 51.4 Å². The van der Waals surface area contributed by atoms with Crippen molar-refractivity contribution in [3.8, 4) is 11.3 Å². The average Bonchev–Trinajstić information content (AvgIpc) is 2.71. The fourth-order valence-corrected chi connectivity index (χ4v) is 4.51. The van der Waals surface area contributed by atoms with Gasteiger partial charge in [0.1, 0.15) is 0 Å². The normalized spacial score (nSPS) is 20.3. The smallest absolute Gasteiger partial charge is 0.407 e. The molecule has 2 aromatic rings. The summed E-state index contributed by atoms with van der Waals surface area (Å²) < 4.78 is 0. The summed E-state index contributed by atoms with van der Waals surface area (Å²) in [4.78, 5) is 23.9. The first-order chi connectivity index (χ1) is 13.7. The predicted octanol–water partition coefficient (Wildman–Crippen LogP) is 4.29. The summed E-state index contributed by atoms with van der Waals surface area (Å²) in [5.41, 5.74) is 5.24. The van der Waals surface area contributed by atoms with Gasteiger partial charge in [0, 0.05) is 37.9 Å². The van der Waals surface area contributed by atoms with Crippen LogP contribution in [0.4, 0.5) is 10.7 Å². The van der Waals surface area contributed by atoms with Gasteiger partial charge in [0.2, 0.25) is 5.95 Å². The van der Waals surface area contributed by atoms with E-state index in [1.54, 1.807) is 6.20 Å². The zero-order valence-corrected chi connectivity index (χ0v) is 17.8. The average molecular weight is 395 g/mol. The number of aromatic nitrogens is 2. The second-order valence-corrected chi connectivity index (χ2v) is 9.53. The van der Waals surface area contributed by atoms with Crippen LogP contribution in [-0.2, 0) is 10.8 Å². The number of hydrogen-bond acceptors (Lipinski definition) is 4. The summed E-state index contributed by atoms with van der Waals surface area (Å²) in [5, 5.41) is 9.14. The van der Waals surface area contributed by atoms with Crippen LogP contribution in [-0.4, -0.2) is 52.2 Å². The topological polar surface area (TPSA) is 69.6 Å². The number of benzene rings is 1. The van der Waals surface area contributed by atoms with Crippen molar-refractivity contribution >= 4 is 12.0 Å². The maximum atomic E-state index is 11.1. The van der Waals surface area contributed by atoms with Gasteiger partial charge in [-0.15, -0.1) is 0 Å². The summed E-state index contributed by atoms with van der Waals surface area (Å²) in [6.07, 6.45) is 3.32. The van der Waals surface area contributed by atoms with Crippen LogP contribution in [0.2, 0.25) is 0 Å². The number of anilines is 1. The summed E-state index contributed by atoms with van der Waals surface area (Å²) in [6, 6.07) is 8.72. The van der Waals surface area contributed by atoms with Gasteiger partial charge in [0.25, 0.3) is 0 Å². The van der Waals surface area contributed by atoms with Crippen molar-refractivity contribution in [1.29, 1.82) is 0 Å². The molecule has 6 nitrogen and oxygen atoms in total. The van der Waals surface area contributed by atoms with Crippen LogP contribution in [0.25, 0.3) is 11.3 Å². The maximum Gasteiger partial charge on any atom is 0.407 e. The van der Waals surface area contributed by atoms with E-state index in [2.05, 4.69) is 55.8 Å². The number of piperazine rings is 1. The van der Waals surface area contributed by atoms with Gasteiger partial charge >= 0.3 is 6.09 Å². The van der Waals surface area contributed by atoms with E-state index in [0.717, 1.165) is 11.3 Å². The summed E-state index contributed by atoms with van der Waals surface area (Å²) >= 11 is 0. The van der Waals surface area contributed by atoms with Crippen molar-refractivity contribution in [1.82, 2.24) is 14.9 Å². The van der Waals surface area contributed by atoms with Crippen molar-refractivity contribution in [2.24, 2.45) is 0 Å². The Labute approximate surface area is 172 Å². The Morgan fingerprint density at radius 1 is 0.966 bits per heavy atom. The van der Waals surface area contributed by atoms with Gasteiger partial charge < -0.3 is 14.9 Å². The summed E-state index contributed by atoms with van der Waals surface area (Å²) in [7, 11) is 0. The number of carbonyl (C=O) groups is 1. The maximum absolute atomic E-state index is 11.1. The molecule has 1 aliphatic carbocycles. The molecule has 1 fully saturated rings. The molecule has 0 radical (unpaired) electrons. The van der Waals surface area contributed by atoms with Crippen LogP contribution in [0, 0.1) is 0 Å². The third kappa shape index (κ3) is 3.68. The molecule has 0 bridgehead atoms. The molecule has 0 atom stereocenters. The highest BCUT2D eigenvalue weighted by molar-refractivity contribution is 5.66. The van der Waals surface area contributed by atoms with Gasteiger partial charge in [0.15, 0.2) is 0 Å². The van der Waals surface area contributed by atoms with E-state index in [9.17, 15) is 4.79 Å². The van der Waals surface area contributed by atoms with E-state index < -0.39 is 6.09 Å². The van der Waals surface area contributed by atoms with Crippen molar-refractivity contribution < 1.29 is 9.90 Å². The van der Waals surface area contributed by atoms with E-state index in [1.165, 1.54) is 28.9 Å². The first kappa shape index (κ1) is 19.7. The Morgan fingerprint density at radius 2 is 1.62 bits per heavy atom. The molecule has 1 N–H and O–H groups in total. The predicted molar refractivity (Wildman–Crippen MR) is 115 cm³/mol. The molecule has 2 heterocycles. The highest BCUT2D eigenvalue weighted by Gasteiger charge is 2.37. The minimum absolute atomic E-state index is 0.157. The van der Waals surface area contributed by atoms with Crippen LogP contribution in [0.5, 0.6) is 0 Å². The summed E-state index contributed by atoms with van der Waals surface area (Å²) in [6.45, 7) is 11.5. The Kier molecular flexibility index (Phi) is 4.75. The molecule has 4 rings (SSSR count). The number of amides is 1. The van der Waals surface area contributed by atoms with Crippen LogP contribution in [0.3, 0.4) is 0 Å². The minimum Gasteiger partial charge on any atom is -0.465 e. The number of nitrogens with zero attached hydrogens (tertiary/aromatic N) is 4. The molecule has 0 spiro atoms. The molecule has 1 saturated heterocycles. The highest BCUT2D eigenvalue weighted by atomic mass is 16.4. The number of hydrogen-bond donors (Lipinski definition) is 1. The molecule has 1 aromatic heterocycles. The summed E-state index contributed by atoms with van der Waals surface area (Å²) in [5.74, 6) is 0.671. The standard InChI is InChI=1S/C23H30N4O2/c1-22(2)8-9-23(3,4)18-15-16(5-6-17(18)22)19-7-10-24-20(25-19)26-11-13-27(14-12-26)21(28)29/h5-7,10,15H,8-9,11-14H2,1-4H3,(H,28,29). The van der Waals surface area contributed by atoms with Crippen LogP contribution >= 0.6 is 0 Å². The van der Waals surface area contributed by atoms with E-state index in [4.69, 9.17) is 10.1 Å². The molecule has 1 aliphatic heterocycles. The third-order valence-electron chi connectivity index (χ3n) is 6.62. The van der Waals surface area contributed by atoms with Crippen LogP contribution in [0.15, 0.2) is 30.5 Å². The lowest BCUT2D eigenvalue weighted by Gasteiger charge is -2.42. The molecule has 2 aliphatic rings. The van der Waals surface area contributed by atoms with E-state index in [-0.39, 0.29) is 10.8 Å². The van der Waals surface area contributed by atoms with Gasteiger partial charge in [-0.05, 0) is 46.9 Å². The zero-order valence-electron chi connectivity index (χ0n) is 17.8. The molecule has 0 unspecified atom stereocenters. The quantitative estimate of drug-likeness (QED) is 0.823. The van der Waals surface area contributed by atoms with Gasteiger partial charge in [-0.2, -0.15) is 0 Å². The largest absolute Gasteiger partial charge is 0.465 e. The lowest BCUT2D eigenvalue weighted by molar-refractivity contribution is 0.142. The van der Waals surface area contributed by atoms with Crippen LogP contribution < -0.4 is 4.90 Å². The number of fused-ring (bicyclic) bond motifs is 1.